The minimum atomic E-state index is -0.297. The number of carbonyl (C=O) groups is 1. The Morgan fingerprint density at radius 3 is 2.89 bits per heavy atom. The van der Waals surface area contributed by atoms with Crippen LogP contribution in [0.25, 0.3) is 0 Å². The van der Waals surface area contributed by atoms with Crippen molar-refractivity contribution >= 4 is 5.97 Å². The number of pyridine rings is 1. The summed E-state index contributed by atoms with van der Waals surface area (Å²) in [5, 5.41) is 0. The van der Waals surface area contributed by atoms with Gasteiger partial charge in [-0.1, -0.05) is 12.7 Å². The van der Waals surface area contributed by atoms with Crippen LogP contribution in [-0.4, -0.2) is 24.2 Å². The topological polar surface area (TPSA) is 48.4 Å². The van der Waals surface area contributed by atoms with Gasteiger partial charge in [0.1, 0.15) is 11.9 Å². The van der Waals surface area contributed by atoms with Crippen LogP contribution in [0.2, 0.25) is 0 Å². The molecule has 0 aliphatic carbocycles. The summed E-state index contributed by atoms with van der Waals surface area (Å²) >= 11 is 0. The third-order valence-electron chi connectivity index (χ3n) is 2.71. The summed E-state index contributed by atoms with van der Waals surface area (Å²) in [6.07, 6.45) is 4.49. The van der Waals surface area contributed by atoms with E-state index < -0.39 is 0 Å². The first-order valence-corrected chi connectivity index (χ1v) is 5.86. The van der Waals surface area contributed by atoms with Crippen molar-refractivity contribution in [1.82, 2.24) is 4.98 Å². The van der Waals surface area contributed by atoms with E-state index in [1.54, 1.807) is 19.4 Å². The van der Waals surface area contributed by atoms with E-state index in [-0.39, 0.29) is 12.1 Å². The van der Waals surface area contributed by atoms with Crippen molar-refractivity contribution in [3.05, 3.63) is 36.2 Å². The summed E-state index contributed by atoms with van der Waals surface area (Å²) in [7, 11) is 1.63. The molecule has 0 radical (unpaired) electrons. The Morgan fingerprint density at radius 2 is 2.33 bits per heavy atom. The van der Waals surface area contributed by atoms with E-state index in [0.29, 0.717) is 6.42 Å². The molecule has 0 aliphatic rings. The lowest BCUT2D eigenvalue weighted by Crippen LogP contribution is -2.14. The molecule has 1 aromatic heterocycles. The van der Waals surface area contributed by atoms with Gasteiger partial charge in [0.25, 0.3) is 0 Å². The molecule has 1 atom stereocenters. The van der Waals surface area contributed by atoms with Gasteiger partial charge in [0, 0.05) is 24.4 Å². The lowest BCUT2D eigenvalue weighted by Gasteiger charge is -2.15. The van der Waals surface area contributed by atoms with Crippen LogP contribution < -0.4 is 4.74 Å². The zero-order valence-corrected chi connectivity index (χ0v) is 11.1. The second kappa shape index (κ2) is 6.79. The van der Waals surface area contributed by atoms with E-state index in [0.717, 1.165) is 23.4 Å². The molecule has 18 heavy (non-hydrogen) atoms. The molecule has 0 saturated carbocycles. The summed E-state index contributed by atoms with van der Waals surface area (Å²) < 4.78 is 10.4. The fourth-order valence-corrected chi connectivity index (χ4v) is 1.79. The monoisotopic (exact) mass is 249 g/mol. The van der Waals surface area contributed by atoms with Crippen molar-refractivity contribution in [2.24, 2.45) is 0 Å². The highest BCUT2D eigenvalue weighted by Crippen LogP contribution is 2.22. The van der Waals surface area contributed by atoms with Crippen LogP contribution in [-0.2, 0) is 16.0 Å². The summed E-state index contributed by atoms with van der Waals surface area (Å²) in [5.74, 6) is 0.517. The molecule has 1 heterocycles. The molecule has 0 N–H and O–H groups in total. The predicted octanol–water partition coefficient (Wildman–Crippen LogP) is 2.45. The largest absolute Gasteiger partial charge is 0.496 e. The Kier molecular flexibility index (Phi) is 5.36. The zero-order chi connectivity index (χ0) is 13.5. The predicted molar refractivity (Wildman–Crippen MR) is 69.6 cm³/mol. The molecule has 1 aromatic rings. The molecule has 0 amide bonds. The maximum absolute atomic E-state index is 10.9. The summed E-state index contributed by atoms with van der Waals surface area (Å²) in [6.45, 7) is 7.00. The first-order valence-electron chi connectivity index (χ1n) is 5.86. The van der Waals surface area contributed by atoms with Crippen LogP contribution in [0.15, 0.2) is 24.9 Å². The lowest BCUT2D eigenvalue weighted by atomic mass is 10.0. The summed E-state index contributed by atoms with van der Waals surface area (Å²) in [5.41, 5.74) is 1.97. The highest BCUT2D eigenvalue weighted by Gasteiger charge is 2.12. The van der Waals surface area contributed by atoms with Crippen molar-refractivity contribution in [2.75, 3.05) is 7.11 Å². The van der Waals surface area contributed by atoms with Crippen molar-refractivity contribution in [3.8, 4) is 5.75 Å². The standard InChI is InChI=1S/C14H19NO3/c1-5-12(18-11(3)16)6-7-13-10(2)15-9-8-14(13)17-4/h5,8-9,12H,1,6-7H2,2-4H3. The van der Waals surface area contributed by atoms with Gasteiger partial charge < -0.3 is 9.47 Å². The molecule has 0 saturated heterocycles. The van der Waals surface area contributed by atoms with Crippen LogP contribution in [0.1, 0.15) is 24.6 Å². The fourth-order valence-electron chi connectivity index (χ4n) is 1.79. The summed E-state index contributed by atoms with van der Waals surface area (Å²) in [4.78, 5) is 15.1. The maximum atomic E-state index is 10.9. The molecule has 0 aromatic carbocycles. The van der Waals surface area contributed by atoms with Gasteiger partial charge in [-0.05, 0) is 25.8 Å². The van der Waals surface area contributed by atoms with Crippen LogP contribution in [0.4, 0.5) is 0 Å². The molecule has 0 fully saturated rings. The van der Waals surface area contributed by atoms with Gasteiger partial charge in [-0.3, -0.25) is 9.78 Å². The van der Waals surface area contributed by atoms with Crippen LogP contribution in [0, 0.1) is 6.92 Å². The second-order valence-corrected chi connectivity index (χ2v) is 4.00. The highest BCUT2D eigenvalue weighted by atomic mass is 16.5. The quantitative estimate of drug-likeness (QED) is 0.574. The van der Waals surface area contributed by atoms with Gasteiger partial charge in [-0.15, -0.1) is 0 Å². The van der Waals surface area contributed by atoms with Crippen LogP contribution in [0.5, 0.6) is 5.75 Å². The van der Waals surface area contributed by atoms with Gasteiger partial charge in [0.2, 0.25) is 0 Å². The van der Waals surface area contributed by atoms with E-state index in [4.69, 9.17) is 9.47 Å². The van der Waals surface area contributed by atoms with Gasteiger partial charge in [-0.25, -0.2) is 0 Å². The molecule has 1 rings (SSSR count). The smallest absolute Gasteiger partial charge is 0.303 e. The number of esters is 1. The van der Waals surface area contributed by atoms with Crippen molar-refractivity contribution < 1.29 is 14.3 Å². The van der Waals surface area contributed by atoms with Gasteiger partial charge in [0.15, 0.2) is 0 Å². The van der Waals surface area contributed by atoms with E-state index in [1.165, 1.54) is 6.92 Å². The van der Waals surface area contributed by atoms with Gasteiger partial charge in [-0.2, -0.15) is 0 Å². The second-order valence-electron chi connectivity index (χ2n) is 4.00. The Morgan fingerprint density at radius 1 is 1.61 bits per heavy atom. The molecule has 0 aliphatic heterocycles. The van der Waals surface area contributed by atoms with Gasteiger partial charge >= 0.3 is 5.97 Å². The number of ether oxygens (including phenoxy) is 2. The molecule has 0 bridgehead atoms. The Labute approximate surface area is 108 Å². The van der Waals surface area contributed by atoms with Crippen molar-refractivity contribution in [3.63, 3.8) is 0 Å². The third-order valence-corrected chi connectivity index (χ3v) is 2.71. The minimum Gasteiger partial charge on any atom is -0.496 e. The van der Waals surface area contributed by atoms with E-state index >= 15 is 0 Å². The zero-order valence-electron chi connectivity index (χ0n) is 11.1. The first kappa shape index (κ1) is 14.2. The molecule has 4 heteroatoms. The molecule has 0 spiro atoms. The average molecular weight is 249 g/mol. The molecular formula is C14H19NO3. The van der Waals surface area contributed by atoms with Crippen molar-refractivity contribution in [1.29, 1.82) is 0 Å². The lowest BCUT2D eigenvalue weighted by molar-refractivity contribution is -0.144. The summed E-state index contributed by atoms with van der Waals surface area (Å²) in [6, 6.07) is 1.83. The minimum absolute atomic E-state index is 0.271. The van der Waals surface area contributed by atoms with Gasteiger partial charge in [0.05, 0.1) is 7.11 Å². The number of carbonyl (C=O) groups excluding carboxylic acids is 1. The number of methoxy groups -OCH3 is 1. The van der Waals surface area contributed by atoms with E-state index in [2.05, 4.69) is 11.6 Å². The average Bonchev–Trinajstić information content (AvgIpc) is 2.34. The first-order chi connectivity index (χ1) is 8.58. The van der Waals surface area contributed by atoms with Crippen LogP contribution >= 0.6 is 0 Å². The maximum Gasteiger partial charge on any atom is 0.303 e. The van der Waals surface area contributed by atoms with E-state index in [1.807, 2.05) is 13.0 Å². The molecule has 98 valence electrons. The fraction of sp³-hybridized carbons (Fsp3) is 0.429. The van der Waals surface area contributed by atoms with E-state index in [9.17, 15) is 4.79 Å². The van der Waals surface area contributed by atoms with Crippen LogP contribution in [0.3, 0.4) is 0 Å². The van der Waals surface area contributed by atoms with Crippen molar-refractivity contribution in [2.45, 2.75) is 32.8 Å². The third kappa shape index (κ3) is 3.87. The number of rotatable bonds is 6. The number of aryl methyl sites for hydroxylation is 1. The molecule has 1 unspecified atom stereocenters. The normalized spacial score (nSPS) is 11.7. The number of hydrogen-bond acceptors (Lipinski definition) is 4. The Bertz CT molecular complexity index is 429. The Balaban J connectivity index is 2.72. The SMILES string of the molecule is C=CC(CCc1c(OC)ccnc1C)OC(C)=O. The number of nitrogens with zero attached hydrogens (tertiary/aromatic N) is 1. The Hall–Kier alpha value is -1.84. The molecule has 4 nitrogen and oxygen atoms in total. The number of aromatic nitrogens is 1. The number of hydrogen-bond donors (Lipinski definition) is 0. The highest BCUT2D eigenvalue weighted by molar-refractivity contribution is 5.66. The molecular weight excluding hydrogens is 230 g/mol.